The highest BCUT2D eigenvalue weighted by Gasteiger charge is 2.20. The molecule has 1 amide bonds. The minimum atomic E-state index is -0.804. The summed E-state index contributed by atoms with van der Waals surface area (Å²) in [4.78, 5) is 27.6. The summed E-state index contributed by atoms with van der Waals surface area (Å²) in [5, 5.41) is 2.92. The maximum absolute atomic E-state index is 13.5. The van der Waals surface area contributed by atoms with E-state index in [-0.39, 0.29) is 5.56 Å². The van der Waals surface area contributed by atoms with Gasteiger partial charge >= 0.3 is 0 Å². The van der Waals surface area contributed by atoms with Crippen molar-refractivity contribution in [1.82, 2.24) is 4.98 Å². The molecular formula is C22H15FN2O3. The molecule has 1 heterocycles. The Kier molecular flexibility index (Phi) is 4.60. The SMILES string of the molecule is O=C(Nc1ccc(Oc2ccccc2)cc1)C(=O)c1c[nH]c2ccc(F)cc12. The molecular weight excluding hydrogens is 359 g/mol. The van der Waals surface area contributed by atoms with Crippen LogP contribution < -0.4 is 10.1 Å². The molecule has 2 N–H and O–H groups in total. The third-order valence-corrected chi connectivity index (χ3v) is 4.19. The zero-order chi connectivity index (χ0) is 19.5. The molecule has 6 heteroatoms. The molecule has 0 saturated heterocycles. The standard InChI is InChI=1S/C22H15FN2O3/c23-14-6-11-20-18(12-14)19(13-24-20)21(26)22(27)25-15-7-9-17(10-8-15)28-16-4-2-1-3-5-16/h1-13,24H,(H,25,27). The first-order valence-electron chi connectivity index (χ1n) is 8.55. The lowest BCUT2D eigenvalue weighted by Gasteiger charge is -2.07. The number of hydrogen-bond acceptors (Lipinski definition) is 3. The summed E-state index contributed by atoms with van der Waals surface area (Å²) in [6, 6.07) is 20.0. The van der Waals surface area contributed by atoms with Crippen molar-refractivity contribution in [2.45, 2.75) is 0 Å². The van der Waals surface area contributed by atoms with E-state index in [2.05, 4.69) is 10.3 Å². The van der Waals surface area contributed by atoms with Gasteiger partial charge in [-0.25, -0.2) is 4.39 Å². The maximum atomic E-state index is 13.5. The molecule has 0 fully saturated rings. The van der Waals surface area contributed by atoms with Crippen LogP contribution in [-0.4, -0.2) is 16.7 Å². The quantitative estimate of drug-likeness (QED) is 0.385. The zero-order valence-electron chi connectivity index (χ0n) is 14.6. The highest BCUT2D eigenvalue weighted by molar-refractivity contribution is 6.48. The number of rotatable bonds is 5. The molecule has 0 radical (unpaired) electrons. The number of benzene rings is 3. The molecule has 0 spiro atoms. The second kappa shape index (κ2) is 7.36. The lowest BCUT2D eigenvalue weighted by molar-refractivity contribution is -0.112. The fraction of sp³-hybridized carbons (Fsp3) is 0. The van der Waals surface area contributed by atoms with E-state index in [9.17, 15) is 14.0 Å². The van der Waals surface area contributed by atoms with Crippen molar-refractivity contribution >= 4 is 28.3 Å². The lowest BCUT2D eigenvalue weighted by Crippen LogP contribution is -2.22. The summed E-state index contributed by atoms with van der Waals surface area (Å²) in [6.07, 6.45) is 1.41. The first kappa shape index (κ1) is 17.5. The van der Waals surface area contributed by atoms with Gasteiger partial charge in [-0.3, -0.25) is 9.59 Å². The number of Topliss-reactive ketones (excluding diaryl/α,β-unsaturated/α-hetero) is 1. The predicted octanol–water partition coefficient (Wildman–Crippen LogP) is 4.92. The van der Waals surface area contributed by atoms with E-state index in [0.29, 0.717) is 28.1 Å². The molecule has 0 aliphatic carbocycles. The number of hydrogen-bond donors (Lipinski definition) is 2. The Morgan fingerprint density at radius 2 is 1.61 bits per heavy atom. The molecule has 0 aliphatic heterocycles. The van der Waals surface area contributed by atoms with E-state index in [4.69, 9.17) is 4.74 Å². The molecule has 1 aromatic heterocycles. The van der Waals surface area contributed by atoms with Crippen LogP contribution in [0.25, 0.3) is 10.9 Å². The number of carbonyl (C=O) groups excluding carboxylic acids is 2. The molecule has 4 aromatic rings. The molecule has 5 nitrogen and oxygen atoms in total. The molecule has 28 heavy (non-hydrogen) atoms. The van der Waals surface area contributed by atoms with Crippen molar-refractivity contribution in [2.75, 3.05) is 5.32 Å². The number of aromatic nitrogens is 1. The highest BCUT2D eigenvalue weighted by Crippen LogP contribution is 2.23. The van der Waals surface area contributed by atoms with E-state index < -0.39 is 17.5 Å². The number of halogens is 1. The first-order valence-corrected chi connectivity index (χ1v) is 8.55. The number of amides is 1. The number of fused-ring (bicyclic) bond motifs is 1. The van der Waals surface area contributed by atoms with Crippen LogP contribution >= 0.6 is 0 Å². The lowest BCUT2D eigenvalue weighted by atomic mass is 10.1. The third kappa shape index (κ3) is 3.61. The summed E-state index contributed by atoms with van der Waals surface area (Å²) in [7, 11) is 0. The Hall–Kier alpha value is -3.93. The van der Waals surface area contributed by atoms with Crippen molar-refractivity contribution in [1.29, 1.82) is 0 Å². The normalized spacial score (nSPS) is 10.6. The fourth-order valence-electron chi connectivity index (χ4n) is 2.82. The summed E-state index contributed by atoms with van der Waals surface area (Å²) >= 11 is 0. The minimum absolute atomic E-state index is 0.121. The van der Waals surface area contributed by atoms with E-state index in [0.717, 1.165) is 0 Å². The van der Waals surface area contributed by atoms with Gasteiger partial charge in [0.2, 0.25) is 0 Å². The van der Waals surface area contributed by atoms with Crippen LogP contribution in [0.2, 0.25) is 0 Å². The summed E-state index contributed by atoms with van der Waals surface area (Å²) in [6.45, 7) is 0. The van der Waals surface area contributed by atoms with Gasteiger partial charge in [-0.05, 0) is 54.6 Å². The van der Waals surface area contributed by atoms with Gasteiger partial charge in [0, 0.05) is 22.8 Å². The van der Waals surface area contributed by atoms with Crippen LogP contribution in [0, 0.1) is 5.82 Å². The van der Waals surface area contributed by atoms with Crippen molar-refractivity contribution < 1.29 is 18.7 Å². The summed E-state index contributed by atoms with van der Waals surface area (Å²) in [5.74, 6) is -0.734. The second-order valence-corrected chi connectivity index (χ2v) is 6.11. The van der Waals surface area contributed by atoms with Gasteiger partial charge < -0.3 is 15.0 Å². The topological polar surface area (TPSA) is 71.2 Å². The van der Waals surface area contributed by atoms with Gasteiger partial charge in [0.25, 0.3) is 11.7 Å². The number of ketones is 1. The molecule has 138 valence electrons. The first-order chi connectivity index (χ1) is 13.6. The number of aromatic amines is 1. The average molecular weight is 374 g/mol. The van der Waals surface area contributed by atoms with Crippen molar-refractivity contribution in [3.05, 3.63) is 90.4 Å². The van der Waals surface area contributed by atoms with Gasteiger partial charge in [-0.15, -0.1) is 0 Å². The molecule has 0 aliphatic rings. The number of para-hydroxylation sites is 1. The van der Waals surface area contributed by atoms with Crippen molar-refractivity contribution in [3.63, 3.8) is 0 Å². The van der Waals surface area contributed by atoms with E-state index in [1.807, 2.05) is 30.3 Å². The largest absolute Gasteiger partial charge is 0.457 e. The zero-order valence-corrected chi connectivity index (χ0v) is 14.6. The van der Waals surface area contributed by atoms with E-state index in [1.54, 1.807) is 24.3 Å². The number of anilines is 1. The summed E-state index contributed by atoms with van der Waals surface area (Å²) < 4.78 is 19.1. The van der Waals surface area contributed by atoms with Crippen LogP contribution in [0.3, 0.4) is 0 Å². The van der Waals surface area contributed by atoms with Crippen molar-refractivity contribution in [2.24, 2.45) is 0 Å². The fourth-order valence-corrected chi connectivity index (χ4v) is 2.82. The molecule has 0 unspecified atom stereocenters. The van der Waals surface area contributed by atoms with Gasteiger partial charge in [0.05, 0.1) is 5.56 Å². The van der Waals surface area contributed by atoms with Crippen LogP contribution in [-0.2, 0) is 4.79 Å². The minimum Gasteiger partial charge on any atom is -0.457 e. The van der Waals surface area contributed by atoms with Gasteiger partial charge in [-0.1, -0.05) is 18.2 Å². The van der Waals surface area contributed by atoms with Crippen LogP contribution in [0.15, 0.2) is 79.0 Å². The van der Waals surface area contributed by atoms with Crippen LogP contribution in [0.4, 0.5) is 10.1 Å². The summed E-state index contributed by atoms with van der Waals surface area (Å²) in [5.41, 5.74) is 1.15. The Bertz CT molecular complexity index is 1150. The second-order valence-electron chi connectivity index (χ2n) is 6.11. The Morgan fingerprint density at radius 1 is 0.893 bits per heavy atom. The van der Waals surface area contributed by atoms with E-state index >= 15 is 0 Å². The Morgan fingerprint density at radius 3 is 2.36 bits per heavy atom. The third-order valence-electron chi connectivity index (χ3n) is 4.19. The van der Waals surface area contributed by atoms with Gasteiger partial charge in [-0.2, -0.15) is 0 Å². The smallest absolute Gasteiger partial charge is 0.296 e. The average Bonchev–Trinajstić information content (AvgIpc) is 3.12. The number of ether oxygens (including phenoxy) is 1. The number of carbonyl (C=O) groups is 2. The van der Waals surface area contributed by atoms with Crippen LogP contribution in [0.5, 0.6) is 11.5 Å². The number of nitrogens with one attached hydrogen (secondary N) is 2. The molecule has 0 saturated carbocycles. The van der Waals surface area contributed by atoms with Crippen LogP contribution in [0.1, 0.15) is 10.4 Å². The molecule has 0 atom stereocenters. The molecule has 3 aromatic carbocycles. The van der Waals surface area contributed by atoms with Crippen molar-refractivity contribution in [3.8, 4) is 11.5 Å². The Balaban J connectivity index is 1.47. The van der Waals surface area contributed by atoms with Gasteiger partial charge in [0.1, 0.15) is 17.3 Å². The molecule has 0 bridgehead atoms. The Labute approximate surface area is 159 Å². The van der Waals surface area contributed by atoms with E-state index in [1.165, 1.54) is 24.4 Å². The number of H-pyrrole nitrogens is 1. The maximum Gasteiger partial charge on any atom is 0.296 e. The monoisotopic (exact) mass is 374 g/mol. The van der Waals surface area contributed by atoms with Gasteiger partial charge in [0.15, 0.2) is 0 Å². The highest BCUT2D eigenvalue weighted by atomic mass is 19.1. The predicted molar refractivity (Wildman–Crippen MR) is 104 cm³/mol. The molecule has 4 rings (SSSR count).